The topological polar surface area (TPSA) is 41.1 Å². The monoisotopic (exact) mass is 254 g/mol. The van der Waals surface area contributed by atoms with Gasteiger partial charge in [0, 0.05) is 0 Å². The van der Waals surface area contributed by atoms with Crippen molar-refractivity contribution in [3.05, 3.63) is 35.9 Å². The van der Waals surface area contributed by atoms with Crippen molar-refractivity contribution in [2.24, 2.45) is 0 Å². The van der Waals surface area contributed by atoms with E-state index >= 15 is 0 Å². The third-order valence-electron chi connectivity index (χ3n) is 2.37. The fourth-order valence-electron chi connectivity index (χ4n) is 1.59. The molecule has 2 N–H and O–H groups in total. The molecule has 4 heteroatoms. The summed E-state index contributed by atoms with van der Waals surface area (Å²) < 4.78 is 0. The smallest absolute Gasteiger partial charge is 0.139 e. The highest BCUT2D eigenvalue weighted by atomic mass is 79.9. The molecule has 1 saturated heterocycles. The maximum atomic E-state index is 10.7. The van der Waals surface area contributed by atoms with Gasteiger partial charge in [-0.2, -0.15) is 0 Å². The lowest BCUT2D eigenvalue weighted by molar-refractivity contribution is -0.109. The largest absolute Gasteiger partial charge is 0.302 e. The van der Waals surface area contributed by atoms with Crippen LogP contribution >= 0.6 is 15.9 Å². The average Bonchev–Trinajstić information content (AvgIpc) is 2.61. The Morgan fingerprint density at radius 3 is 2.50 bits per heavy atom. The summed E-state index contributed by atoms with van der Waals surface area (Å²) in [4.78, 5) is 10.8. The van der Waals surface area contributed by atoms with Gasteiger partial charge in [-0.1, -0.05) is 46.3 Å². The lowest BCUT2D eigenvalue weighted by Crippen LogP contribution is -2.32. The van der Waals surface area contributed by atoms with Gasteiger partial charge in [0.1, 0.15) is 6.29 Å². The number of benzene rings is 1. The van der Waals surface area contributed by atoms with Crippen molar-refractivity contribution in [1.29, 1.82) is 0 Å². The molecule has 3 atom stereocenters. The average molecular weight is 255 g/mol. The van der Waals surface area contributed by atoms with Crippen LogP contribution in [0.3, 0.4) is 0 Å². The SMILES string of the molecule is O=CC1NNC(c2ccccc2)C1Br. The standard InChI is InChI=1S/C10H11BrN2O/c11-9-8(6-14)12-13-10(9)7-4-2-1-3-5-7/h1-6,8-10,12-13H. The van der Waals surface area contributed by atoms with E-state index in [-0.39, 0.29) is 16.9 Å². The number of carbonyl (C=O) groups excluding carboxylic acids is 1. The van der Waals surface area contributed by atoms with Crippen molar-refractivity contribution < 1.29 is 4.79 Å². The Kier molecular flexibility index (Phi) is 2.96. The second-order valence-electron chi connectivity index (χ2n) is 3.28. The quantitative estimate of drug-likeness (QED) is 0.615. The van der Waals surface area contributed by atoms with E-state index < -0.39 is 0 Å². The van der Waals surface area contributed by atoms with Crippen LogP contribution in [0.25, 0.3) is 0 Å². The number of nitrogens with one attached hydrogen (secondary N) is 2. The summed E-state index contributed by atoms with van der Waals surface area (Å²) in [5, 5.41) is 0. The van der Waals surface area contributed by atoms with Crippen LogP contribution in [0.4, 0.5) is 0 Å². The predicted octanol–water partition coefficient (Wildman–Crippen LogP) is 1.17. The molecule has 0 saturated carbocycles. The van der Waals surface area contributed by atoms with E-state index in [1.54, 1.807) is 0 Å². The van der Waals surface area contributed by atoms with Gasteiger partial charge in [-0.05, 0) is 5.56 Å². The molecule has 1 fully saturated rings. The molecule has 0 aromatic heterocycles. The maximum Gasteiger partial charge on any atom is 0.139 e. The summed E-state index contributed by atoms with van der Waals surface area (Å²) >= 11 is 3.51. The van der Waals surface area contributed by atoms with E-state index in [1.807, 2.05) is 30.3 Å². The van der Waals surface area contributed by atoms with Gasteiger partial charge in [-0.3, -0.25) is 0 Å². The second kappa shape index (κ2) is 4.21. The lowest BCUT2D eigenvalue weighted by atomic mass is 10.0. The molecule has 1 aliphatic heterocycles. The normalized spacial score (nSPS) is 31.6. The molecule has 0 spiro atoms. The zero-order chi connectivity index (χ0) is 9.97. The van der Waals surface area contributed by atoms with Crippen LogP contribution in [-0.2, 0) is 4.79 Å². The van der Waals surface area contributed by atoms with Gasteiger partial charge in [0.25, 0.3) is 0 Å². The summed E-state index contributed by atoms with van der Waals surface area (Å²) in [5.41, 5.74) is 7.21. The van der Waals surface area contributed by atoms with E-state index in [4.69, 9.17) is 0 Å². The van der Waals surface area contributed by atoms with Gasteiger partial charge in [0.2, 0.25) is 0 Å². The summed E-state index contributed by atoms with van der Waals surface area (Å²) in [6.45, 7) is 0. The number of aldehydes is 1. The third-order valence-corrected chi connectivity index (χ3v) is 3.47. The first kappa shape index (κ1) is 9.83. The number of carbonyl (C=O) groups is 1. The molecule has 0 aliphatic carbocycles. The number of hydrogen-bond donors (Lipinski definition) is 2. The zero-order valence-electron chi connectivity index (χ0n) is 7.48. The van der Waals surface area contributed by atoms with Crippen molar-refractivity contribution in [1.82, 2.24) is 10.9 Å². The Morgan fingerprint density at radius 2 is 1.93 bits per heavy atom. The molecule has 1 aromatic carbocycles. The minimum Gasteiger partial charge on any atom is -0.302 e. The van der Waals surface area contributed by atoms with Gasteiger partial charge >= 0.3 is 0 Å². The summed E-state index contributed by atoms with van der Waals surface area (Å²) in [5.74, 6) is 0. The van der Waals surface area contributed by atoms with Crippen LogP contribution in [-0.4, -0.2) is 17.2 Å². The highest BCUT2D eigenvalue weighted by molar-refractivity contribution is 9.09. The molecule has 74 valence electrons. The summed E-state index contributed by atoms with van der Waals surface area (Å²) in [6.07, 6.45) is 0.912. The zero-order valence-corrected chi connectivity index (χ0v) is 9.07. The van der Waals surface area contributed by atoms with Crippen molar-refractivity contribution >= 4 is 22.2 Å². The Bertz CT molecular complexity index is 317. The number of hydrogen-bond acceptors (Lipinski definition) is 3. The first-order valence-electron chi connectivity index (χ1n) is 4.48. The molecular formula is C10H11BrN2O. The van der Waals surface area contributed by atoms with Gasteiger partial charge in [-0.15, -0.1) is 0 Å². The van der Waals surface area contributed by atoms with Crippen LogP contribution in [0.5, 0.6) is 0 Å². The van der Waals surface area contributed by atoms with Crippen molar-refractivity contribution in [2.45, 2.75) is 16.9 Å². The predicted molar refractivity (Wildman–Crippen MR) is 58.0 cm³/mol. The van der Waals surface area contributed by atoms with Gasteiger partial charge < -0.3 is 4.79 Å². The molecule has 0 bridgehead atoms. The third kappa shape index (κ3) is 1.73. The van der Waals surface area contributed by atoms with E-state index in [0.29, 0.717) is 0 Å². The lowest BCUT2D eigenvalue weighted by Gasteiger charge is -2.13. The highest BCUT2D eigenvalue weighted by Gasteiger charge is 2.34. The van der Waals surface area contributed by atoms with Crippen molar-refractivity contribution in [2.75, 3.05) is 0 Å². The molecular weight excluding hydrogens is 244 g/mol. The van der Waals surface area contributed by atoms with E-state index in [2.05, 4.69) is 26.8 Å². The minimum absolute atomic E-state index is 0.0994. The molecule has 1 aliphatic rings. The number of rotatable bonds is 2. The Labute approximate surface area is 91.0 Å². The molecule has 1 heterocycles. The number of halogens is 1. The fourth-order valence-corrected chi connectivity index (χ4v) is 2.28. The van der Waals surface area contributed by atoms with Crippen LogP contribution in [0.2, 0.25) is 0 Å². The molecule has 2 rings (SSSR count). The summed E-state index contributed by atoms with van der Waals surface area (Å²) in [7, 11) is 0. The molecule has 0 amide bonds. The fraction of sp³-hybridized carbons (Fsp3) is 0.300. The Hall–Kier alpha value is -0.710. The summed E-state index contributed by atoms with van der Waals surface area (Å²) in [6, 6.07) is 10.0. The van der Waals surface area contributed by atoms with Gasteiger partial charge in [0.15, 0.2) is 0 Å². The van der Waals surface area contributed by atoms with Crippen molar-refractivity contribution in [3.63, 3.8) is 0 Å². The van der Waals surface area contributed by atoms with Crippen LogP contribution in [0.1, 0.15) is 11.6 Å². The van der Waals surface area contributed by atoms with Gasteiger partial charge in [0.05, 0.1) is 16.9 Å². The molecule has 1 aromatic rings. The number of hydrazine groups is 1. The van der Waals surface area contributed by atoms with Gasteiger partial charge in [-0.25, -0.2) is 10.9 Å². The van der Waals surface area contributed by atoms with Crippen LogP contribution in [0, 0.1) is 0 Å². The highest BCUT2D eigenvalue weighted by Crippen LogP contribution is 2.27. The maximum absolute atomic E-state index is 10.7. The van der Waals surface area contributed by atoms with Crippen LogP contribution < -0.4 is 10.9 Å². The molecule has 3 nitrogen and oxygen atoms in total. The first-order valence-corrected chi connectivity index (χ1v) is 5.40. The minimum atomic E-state index is -0.166. The second-order valence-corrected chi connectivity index (χ2v) is 4.34. The molecule has 0 radical (unpaired) electrons. The van der Waals surface area contributed by atoms with Crippen LogP contribution in [0.15, 0.2) is 30.3 Å². The van der Waals surface area contributed by atoms with E-state index in [1.165, 1.54) is 5.56 Å². The van der Waals surface area contributed by atoms with Crippen molar-refractivity contribution in [3.8, 4) is 0 Å². The molecule has 3 unspecified atom stereocenters. The van der Waals surface area contributed by atoms with E-state index in [0.717, 1.165) is 6.29 Å². The Morgan fingerprint density at radius 1 is 1.21 bits per heavy atom. The number of alkyl halides is 1. The first-order chi connectivity index (χ1) is 6.83. The molecule has 14 heavy (non-hydrogen) atoms. The Balaban J connectivity index is 2.18. The van der Waals surface area contributed by atoms with E-state index in [9.17, 15) is 4.79 Å².